The van der Waals surface area contributed by atoms with Gasteiger partial charge in [0.1, 0.15) is 5.82 Å². The number of nitrogens with zero attached hydrogens (tertiary/aromatic N) is 3. The van der Waals surface area contributed by atoms with Gasteiger partial charge in [0.15, 0.2) is 5.82 Å². The Morgan fingerprint density at radius 1 is 0.308 bits per heavy atom. The van der Waals surface area contributed by atoms with Gasteiger partial charge in [0.25, 0.3) is 0 Å². The molecule has 13 aromatic rings. The highest BCUT2D eigenvalue weighted by molar-refractivity contribution is 6.25. The first-order valence-electron chi connectivity index (χ1n) is 22.2. The lowest BCUT2D eigenvalue weighted by molar-refractivity contribution is 1.05. The maximum absolute atomic E-state index is 5.37. The van der Waals surface area contributed by atoms with E-state index in [1.54, 1.807) is 0 Å². The molecular weight excluding hydrogens is 787 g/mol. The maximum Gasteiger partial charge on any atom is 0.162 e. The van der Waals surface area contributed by atoms with Crippen LogP contribution in [0.4, 0.5) is 0 Å². The number of para-hydroxylation sites is 1. The van der Waals surface area contributed by atoms with E-state index in [4.69, 9.17) is 9.97 Å². The molecule has 0 saturated carbocycles. The van der Waals surface area contributed by atoms with Gasteiger partial charge >= 0.3 is 0 Å². The molecule has 0 saturated heterocycles. The van der Waals surface area contributed by atoms with Crippen LogP contribution in [-0.4, -0.2) is 14.5 Å². The van der Waals surface area contributed by atoms with Gasteiger partial charge in [0.05, 0.1) is 16.7 Å². The van der Waals surface area contributed by atoms with Gasteiger partial charge in [-0.15, -0.1) is 0 Å². The Kier molecular flexibility index (Phi) is 8.53. The molecule has 0 bridgehead atoms. The molecule has 0 unspecified atom stereocenters. The maximum atomic E-state index is 5.37. The lowest BCUT2D eigenvalue weighted by atomic mass is 9.84. The number of fused-ring (bicyclic) bond motifs is 8. The molecule has 0 aliphatic carbocycles. The molecule has 0 spiro atoms. The van der Waals surface area contributed by atoms with E-state index >= 15 is 0 Å². The first kappa shape index (κ1) is 36.9. The van der Waals surface area contributed by atoms with Crippen LogP contribution in [0.2, 0.25) is 0 Å². The van der Waals surface area contributed by atoms with Crippen molar-refractivity contribution in [3.8, 4) is 61.8 Å². The van der Waals surface area contributed by atoms with Crippen molar-refractivity contribution in [2.45, 2.75) is 0 Å². The highest BCUT2D eigenvalue weighted by Crippen LogP contribution is 2.47. The largest absolute Gasteiger partial charge is 0.293 e. The molecule has 13 rings (SSSR count). The SMILES string of the molecule is c1ccc(-c2cc(-n3c4ccccc4c4c(-c5ccc(-c6c7ccccc7c(-c7cccc8ccccc78)c7ccccc67)cc5)cc5ccccc5c43)nc(-c3ccccc3)n2)cc1. The number of hydrogen-bond donors (Lipinski definition) is 0. The van der Waals surface area contributed by atoms with Crippen LogP contribution < -0.4 is 0 Å². The average Bonchev–Trinajstić information content (AvgIpc) is 3.74. The molecule has 0 aliphatic heterocycles. The lowest BCUT2D eigenvalue weighted by Gasteiger charge is -2.19. The Balaban J connectivity index is 1.04. The van der Waals surface area contributed by atoms with Crippen LogP contribution in [0.1, 0.15) is 0 Å². The molecule has 3 nitrogen and oxygen atoms in total. The van der Waals surface area contributed by atoms with Crippen LogP contribution in [0.25, 0.3) is 127 Å². The topological polar surface area (TPSA) is 30.7 Å². The van der Waals surface area contributed by atoms with Crippen molar-refractivity contribution in [1.29, 1.82) is 0 Å². The number of rotatable bonds is 6. The van der Waals surface area contributed by atoms with E-state index in [1.165, 1.54) is 81.7 Å². The van der Waals surface area contributed by atoms with E-state index in [-0.39, 0.29) is 0 Å². The zero-order valence-electron chi connectivity index (χ0n) is 35.4. The summed E-state index contributed by atoms with van der Waals surface area (Å²) in [6.07, 6.45) is 0. The molecule has 3 heteroatoms. The Morgan fingerprint density at radius 3 is 1.52 bits per heavy atom. The molecule has 65 heavy (non-hydrogen) atoms. The normalized spacial score (nSPS) is 11.7. The summed E-state index contributed by atoms with van der Waals surface area (Å²) in [5.41, 5.74) is 12.4. The third-order valence-electron chi connectivity index (χ3n) is 13.2. The molecular formula is C62H39N3. The molecule has 0 aliphatic rings. The van der Waals surface area contributed by atoms with Gasteiger partial charge in [-0.1, -0.05) is 218 Å². The van der Waals surface area contributed by atoms with Crippen molar-refractivity contribution in [3.05, 3.63) is 237 Å². The van der Waals surface area contributed by atoms with Crippen LogP contribution in [0.15, 0.2) is 237 Å². The summed E-state index contributed by atoms with van der Waals surface area (Å²) in [6, 6.07) is 85.3. The van der Waals surface area contributed by atoms with Crippen molar-refractivity contribution in [2.24, 2.45) is 0 Å². The van der Waals surface area contributed by atoms with Gasteiger partial charge in [0.2, 0.25) is 0 Å². The highest BCUT2D eigenvalue weighted by atomic mass is 15.1. The Bertz CT molecular complexity index is 3860. The Hall–Kier alpha value is -8.66. The minimum absolute atomic E-state index is 0.689. The molecule has 2 heterocycles. The molecule has 2 aromatic heterocycles. The van der Waals surface area contributed by atoms with Crippen LogP contribution in [0.3, 0.4) is 0 Å². The lowest BCUT2D eigenvalue weighted by Crippen LogP contribution is -2.03. The third kappa shape index (κ3) is 5.97. The fraction of sp³-hybridized carbons (Fsp3) is 0. The van der Waals surface area contributed by atoms with Crippen molar-refractivity contribution >= 4 is 64.9 Å². The second-order valence-corrected chi connectivity index (χ2v) is 16.8. The van der Waals surface area contributed by atoms with E-state index in [1.807, 2.05) is 24.3 Å². The van der Waals surface area contributed by atoms with E-state index in [9.17, 15) is 0 Å². The number of benzene rings is 11. The highest BCUT2D eigenvalue weighted by Gasteiger charge is 2.23. The smallest absolute Gasteiger partial charge is 0.162 e. The fourth-order valence-corrected chi connectivity index (χ4v) is 10.3. The van der Waals surface area contributed by atoms with Gasteiger partial charge in [-0.25, -0.2) is 9.97 Å². The van der Waals surface area contributed by atoms with E-state index in [0.717, 1.165) is 39.2 Å². The van der Waals surface area contributed by atoms with Crippen molar-refractivity contribution < 1.29 is 0 Å². The van der Waals surface area contributed by atoms with Crippen molar-refractivity contribution in [3.63, 3.8) is 0 Å². The first-order chi connectivity index (χ1) is 32.3. The second-order valence-electron chi connectivity index (χ2n) is 16.8. The van der Waals surface area contributed by atoms with Gasteiger partial charge in [-0.3, -0.25) is 4.57 Å². The predicted molar refractivity (Wildman–Crippen MR) is 274 cm³/mol. The summed E-state index contributed by atoms with van der Waals surface area (Å²) in [6.45, 7) is 0. The van der Waals surface area contributed by atoms with Crippen LogP contribution in [0.5, 0.6) is 0 Å². The molecule has 0 fully saturated rings. The number of hydrogen-bond acceptors (Lipinski definition) is 2. The zero-order chi connectivity index (χ0) is 42.8. The van der Waals surface area contributed by atoms with Crippen LogP contribution in [-0.2, 0) is 0 Å². The number of aromatic nitrogens is 3. The average molecular weight is 826 g/mol. The van der Waals surface area contributed by atoms with Crippen molar-refractivity contribution in [2.75, 3.05) is 0 Å². The standard InChI is InChI=1S/C62H39N3/c1-3-19-42(20-4-1)55-39-57(64-62(63-55)44-21-5-2-6-22-44)65-56-33-16-15-31-53(56)60-54(38-45-23-8-10-26-47(45)61(60)65)41-34-36-43(37-35-41)58-49-27-11-13-29-51(49)59(52-30-14-12-28-50(52)58)48-32-17-24-40-18-7-9-25-46(40)48/h1-39H. The first-order valence-corrected chi connectivity index (χ1v) is 22.2. The summed E-state index contributed by atoms with van der Waals surface area (Å²) in [5.74, 6) is 1.52. The summed E-state index contributed by atoms with van der Waals surface area (Å²) >= 11 is 0. The monoisotopic (exact) mass is 825 g/mol. The van der Waals surface area contributed by atoms with Gasteiger partial charge in [-0.2, -0.15) is 0 Å². The molecule has 302 valence electrons. The van der Waals surface area contributed by atoms with Gasteiger partial charge in [0, 0.05) is 33.4 Å². The molecule has 11 aromatic carbocycles. The van der Waals surface area contributed by atoms with Gasteiger partial charge < -0.3 is 0 Å². The fourth-order valence-electron chi connectivity index (χ4n) is 10.3. The Labute approximate surface area is 376 Å². The molecule has 0 amide bonds. The van der Waals surface area contributed by atoms with Gasteiger partial charge in [-0.05, 0) is 83.2 Å². The third-order valence-corrected chi connectivity index (χ3v) is 13.2. The quantitative estimate of drug-likeness (QED) is 0.156. The molecule has 0 N–H and O–H groups in total. The molecule has 0 atom stereocenters. The van der Waals surface area contributed by atoms with Crippen LogP contribution >= 0.6 is 0 Å². The second kappa shape index (κ2) is 15.0. The van der Waals surface area contributed by atoms with E-state index < -0.39 is 0 Å². The molecule has 0 radical (unpaired) electrons. The zero-order valence-corrected chi connectivity index (χ0v) is 35.4. The Morgan fingerprint density at radius 2 is 0.831 bits per heavy atom. The summed E-state index contributed by atoms with van der Waals surface area (Å²) < 4.78 is 2.36. The minimum atomic E-state index is 0.689. The van der Waals surface area contributed by atoms with Crippen molar-refractivity contribution in [1.82, 2.24) is 14.5 Å². The van der Waals surface area contributed by atoms with E-state index in [2.05, 4.69) is 217 Å². The summed E-state index contributed by atoms with van der Waals surface area (Å²) in [5, 5.41) is 12.2. The van der Waals surface area contributed by atoms with Crippen LogP contribution in [0, 0.1) is 0 Å². The minimum Gasteiger partial charge on any atom is -0.293 e. The predicted octanol–water partition coefficient (Wildman–Crippen LogP) is 16.5. The van der Waals surface area contributed by atoms with E-state index in [0.29, 0.717) is 5.82 Å². The summed E-state index contributed by atoms with van der Waals surface area (Å²) in [4.78, 5) is 10.5. The summed E-state index contributed by atoms with van der Waals surface area (Å²) in [7, 11) is 0.